The fraction of sp³-hybridized carbons (Fsp3) is 0.480. The minimum Gasteiger partial charge on any atom is -0.469 e. The molecule has 0 N–H and O–H groups in total. The zero-order valence-corrected chi connectivity index (χ0v) is 21.1. The molecule has 4 rings (SSSR count). The van der Waals surface area contributed by atoms with Crippen LogP contribution >= 0.6 is 0 Å². The highest BCUT2D eigenvalue weighted by Crippen LogP contribution is 2.36. The Balaban J connectivity index is 1.48. The molecule has 7 nitrogen and oxygen atoms in total. The number of halogens is 3. The predicted molar refractivity (Wildman–Crippen MR) is 126 cm³/mol. The smallest absolute Gasteiger partial charge is 0.469 e. The molecule has 11 heteroatoms. The lowest BCUT2D eigenvalue weighted by atomic mass is 10.1. The lowest BCUT2D eigenvalue weighted by Gasteiger charge is -2.43. The van der Waals surface area contributed by atoms with Crippen LogP contribution in [-0.2, 0) is 38.9 Å². The van der Waals surface area contributed by atoms with Crippen molar-refractivity contribution in [3.8, 4) is 5.75 Å². The van der Waals surface area contributed by atoms with Crippen LogP contribution < -0.4 is 4.74 Å². The monoisotopic (exact) mass is 526 g/mol. The zero-order valence-electron chi connectivity index (χ0n) is 20.3. The molecule has 1 aliphatic heterocycles. The first-order valence-corrected chi connectivity index (χ1v) is 13.1. The van der Waals surface area contributed by atoms with Crippen LogP contribution in [0.25, 0.3) is 0 Å². The second-order valence-electron chi connectivity index (χ2n) is 9.44. The standard InChI is InChI=1S/C25H29F3N2O5S/c1-16-13-29(15-18-7-9-21(10-8-18)35-25(26,27)28)14-17(2)30(16)36(32,33)23-6-4-5-19-11-20(12-22(19)23)24(31)34-3/h4-10,16-17,20H,11-15H2,1-3H3/t16-,17+,20?. The lowest BCUT2D eigenvalue weighted by Crippen LogP contribution is -2.58. The van der Waals surface area contributed by atoms with E-state index in [1.54, 1.807) is 24.3 Å². The van der Waals surface area contributed by atoms with Gasteiger partial charge in [0.15, 0.2) is 0 Å². The first-order valence-electron chi connectivity index (χ1n) is 11.7. The Morgan fingerprint density at radius 3 is 2.25 bits per heavy atom. The summed E-state index contributed by atoms with van der Waals surface area (Å²) in [6.45, 7) is 5.09. The third-order valence-electron chi connectivity index (χ3n) is 6.71. The van der Waals surface area contributed by atoms with E-state index in [4.69, 9.17) is 4.74 Å². The maximum absolute atomic E-state index is 13.8. The number of hydrogen-bond acceptors (Lipinski definition) is 6. The molecule has 1 aliphatic carbocycles. The normalized spacial score (nSPS) is 23.3. The van der Waals surface area contributed by atoms with Crippen molar-refractivity contribution < 1.29 is 35.9 Å². The van der Waals surface area contributed by atoms with Gasteiger partial charge in [-0.25, -0.2) is 8.42 Å². The summed E-state index contributed by atoms with van der Waals surface area (Å²) in [6, 6.07) is 10.2. The van der Waals surface area contributed by atoms with Crippen molar-refractivity contribution >= 4 is 16.0 Å². The molecule has 2 aromatic carbocycles. The Labute approximate surface area is 208 Å². The molecule has 1 saturated heterocycles. The second-order valence-corrected chi connectivity index (χ2v) is 11.3. The third-order valence-corrected chi connectivity index (χ3v) is 8.93. The average Bonchev–Trinajstić information content (AvgIpc) is 3.22. The average molecular weight is 527 g/mol. The second kappa shape index (κ2) is 10.0. The lowest BCUT2D eigenvalue weighted by molar-refractivity contribution is -0.274. The fourth-order valence-corrected chi connectivity index (χ4v) is 7.47. The number of rotatable bonds is 6. The van der Waals surface area contributed by atoms with Gasteiger partial charge in [-0.15, -0.1) is 13.2 Å². The van der Waals surface area contributed by atoms with Crippen LogP contribution in [0.5, 0.6) is 5.75 Å². The van der Waals surface area contributed by atoms with E-state index in [-0.39, 0.29) is 34.6 Å². The van der Waals surface area contributed by atoms with Crippen LogP contribution in [0, 0.1) is 5.92 Å². The molecule has 2 aliphatic rings. The van der Waals surface area contributed by atoms with Gasteiger partial charge in [-0.3, -0.25) is 9.69 Å². The molecular weight excluding hydrogens is 497 g/mol. The van der Waals surface area contributed by atoms with Gasteiger partial charge in [0, 0.05) is 31.7 Å². The molecule has 2 aromatic rings. The number of carbonyl (C=O) groups is 1. The zero-order chi connectivity index (χ0) is 26.3. The number of nitrogens with zero attached hydrogens (tertiary/aromatic N) is 2. The number of ether oxygens (including phenoxy) is 2. The highest BCUT2D eigenvalue weighted by molar-refractivity contribution is 7.89. The quantitative estimate of drug-likeness (QED) is 0.534. The van der Waals surface area contributed by atoms with Crippen molar-refractivity contribution in [2.24, 2.45) is 5.92 Å². The van der Waals surface area contributed by atoms with Crippen LogP contribution in [-0.4, -0.2) is 62.2 Å². The molecule has 0 amide bonds. The third kappa shape index (κ3) is 5.52. The molecule has 0 radical (unpaired) electrons. The Morgan fingerprint density at radius 2 is 1.67 bits per heavy atom. The molecule has 196 valence electrons. The summed E-state index contributed by atoms with van der Waals surface area (Å²) in [5.41, 5.74) is 2.33. The summed E-state index contributed by atoms with van der Waals surface area (Å²) < 4.78 is 75.1. The van der Waals surface area contributed by atoms with Crippen molar-refractivity contribution in [1.29, 1.82) is 0 Å². The molecule has 36 heavy (non-hydrogen) atoms. The van der Waals surface area contributed by atoms with E-state index in [2.05, 4.69) is 9.64 Å². The molecule has 0 spiro atoms. The largest absolute Gasteiger partial charge is 0.573 e. The van der Waals surface area contributed by atoms with Gasteiger partial charge in [0.05, 0.1) is 17.9 Å². The number of alkyl halides is 3. The summed E-state index contributed by atoms with van der Waals surface area (Å²) in [7, 11) is -2.50. The van der Waals surface area contributed by atoms with Gasteiger partial charge in [-0.1, -0.05) is 24.3 Å². The summed E-state index contributed by atoms with van der Waals surface area (Å²) in [6.07, 6.45) is -3.96. The van der Waals surface area contributed by atoms with Crippen molar-refractivity contribution in [3.05, 3.63) is 59.2 Å². The molecule has 1 unspecified atom stereocenters. The van der Waals surface area contributed by atoms with E-state index < -0.39 is 16.4 Å². The highest BCUT2D eigenvalue weighted by atomic mass is 32.2. The number of hydrogen-bond donors (Lipinski definition) is 0. The van der Waals surface area contributed by atoms with Gasteiger partial charge in [0.25, 0.3) is 0 Å². The van der Waals surface area contributed by atoms with Crippen LogP contribution in [0.2, 0.25) is 0 Å². The van der Waals surface area contributed by atoms with Crippen molar-refractivity contribution in [1.82, 2.24) is 9.21 Å². The SMILES string of the molecule is COC(=O)C1Cc2cccc(S(=O)(=O)N3[C@H](C)CN(Cc4ccc(OC(F)(F)F)cc4)C[C@@H]3C)c2C1. The van der Waals surface area contributed by atoms with E-state index in [0.29, 0.717) is 38.0 Å². The number of sulfonamides is 1. The summed E-state index contributed by atoms with van der Waals surface area (Å²) in [4.78, 5) is 14.4. The number of benzene rings is 2. The number of carbonyl (C=O) groups excluding carboxylic acids is 1. The van der Waals surface area contributed by atoms with Crippen molar-refractivity contribution in [2.75, 3.05) is 20.2 Å². The molecule has 0 saturated carbocycles. The highest BCUT2D eigenvalue weighted by Gasteiger charge is 2.41. The van der Waals surface area contributed by atoms with Crippen LogP contribution in [0.3, 0.4) is 0 Å². The first-order chi connectivity index (χ1) is 16.9. The van der Waals surface area contributed by atoms with Crippen LogP contribution in [0.15, 0.2) is 47.4 Å². The van der Waals surface area contributed by atoms with Gasteiger partial charge in [-0.2, -0.15) is 4.31 Å². The van der Waals surface area contributed by atoms with Crippen molar-refractivity contribution in [3.63, 3.8) is 0 Å². The Bertz CT molecular complexity index is 1210. The van der Waals surface area contributed by atoms with Crippen LogP contribution in [0.1, 0.15) is 30.5 Å². The number of piperazine rings is 1. The summed E-state index contributed by atoms with van der Waals surface area (Å²) >= 11 is 0. The topological polar surface area (TPSA) is 76.2 Å². The first kappa shape index (κ1) is 26.4. The van der Waals surface area contributed by atoms with Gasteiger partial charge < -0.3 is 9.47 Å². The molecular formula is C25H29F3N2O5S. The molecule has 1 heterocycles. The summed E-state index contributed by atoms with van der Waals surface area (Å²) in [5, 5.41) is 0. The minimum absolute atomic E-state index is 0.235. The fourth-order valence-electron chi connectivity index (χ4n) is 5.38. The molecule has 0 bridgehead atoms. The van der Waals surface area contributed by atoms with Crippen molar-refractivity contribution in [2.45, 2.75) is 56.6 Å². The molecule has 3 atom stereocenters. The van der Waals surface area contributed by atoms with E-state index in [1.165, 1.54) is 23.5 Å². The maximum Gasteiger partial charge on any atom is 0.573 e. The molecule has 1 fully saturated rings. The molecule has 0 aromatic heterocycles. The number of methoxy groups -OCH3 is 1. The van der Waals surface area contributed by atoms with Gasteiger partial charge >= 0.3 is 12.3 Å². The predicted octanol–water partition coefficient (Wildman–Crippen LogP) is 3.76. The maximum atomic E-state index is 13.8. The van der Waals surface area contributed by atoms with Crippen LogP contribution in [0.4, 0.5) is 13.2 Å². The number of esters is 1. The Hall–Kier alpha value is -2.63. The van der Waals surface area contributed by atoms with E-state index in [1.807, 2.05) is 19.9 Å². The van der Waals surface area contributed by atoms with E-state index in [9.17, 15) is 26.4 Å². The van der Waals surface area contributed by atoms with Gasteiger partial charge in [-0.05, 0) is 61.6 Å². The van der Waals surface area contributed by atoms with Gasteiger partial charge in [0.1, 0.15) is 5.75 Å². The van der Waals surface area contributed by atoms with E-state index in [0.717, 1.165) is 11.1 Å². The number of fused-ring (bicyclic) bond motifs is 1. The summed E-state index contributed by atoms with van der Waals surface area (Å²) in [5.74, 6) is -1.02. The van der Waals surface area contributed by atoms with Gasteiger partial charge in [0.2, 0.25) is 10.0 Å². The minimum atomic E-state index is -4.74. The van der Waals surface area contributed by atoms with E-state index >= 15 is 0 Å². The Kier molecular flexibility index (Phi) is 7.36. The Morgan fingerprint density at radius 1 is 1.03 bits per heavy atom.